The van der Waals surface area contributed by atoms with Crippen LogP contribution in [0.3, 0.4) is 0 Å². The number of fused-ring (bicyclic) bond motifs is 3. The Hall–Kier alpha value is -2.46. The average Bonchev–Trinajstić information content (AvgIpc) is 3.05. The van der Waals surface area contributed by atoms with E-state index in [-0.39, 0.29) is 5.56 Å². The molecule has 0 aliphatic carbocycles. The molecule has 3 nitrogen and oxygen atoms in total. The second-order valence-electron chi connectivity index (χ2n) is 5.96. The van der Waals surface area contributed by atoms with Crippen LogP contribution in [0.2, 0.25) is 0 Å². The van der Waals surface area contributed by atoms with Crippen molar-refractivity contribution >= 4 is 33.4 Å². The quantitative estimate of drug-likeness (QED) is 0.566. The number of benzene rings is 2. The maximum atomic E-state index is 12.7. The smallest absolute Gasteiger partial charge is 0.267 e. The molecule has 0 fully saturated rings. The zero-order valence-corrected chi connectivity index (χ0v) is 13.8. The van der Waals surface area contributed by atoms with Crippen LogP contribution in [-0.2, 0) is 0 Å². The molecular formula is C19H16N2OS. The normalized spacial score (nSPS) is 12.7. The molecule has 0 unspecified atom stereocenters. The van der Waals surface area contributed by atoms with Crippen LogP contribution in [0, 0.1) is 0 Å². The highest BCUT2D eigenvalue weighted by atomic mass is 32.1. The lowest BCUT2D eigenvalue weighted by Gasteiger charge is -2.04. The molecular weight excluding hydrogens is 304 g/mol. The zero-order valence-electron chi connectivity index (χ0n) is 13.0. The van der Waals surface area contributed by atoms with E-state index in [9.17, 15) is 4.79 Å². The van der Waals surface area contributed by atoms with Crippen molar-refractivity contribution in [3.05, 3.63) is 74.5 Å². The van der Waals surface area contributed by atoms with Gasteiger partial charge >= 0.3 is 0 Å². The van der Waals surface area contributed by atoms with E-state index in [2.05, 4.69) is 43.1 Å². The van der Waals surface area contributed by atoms with Crippen LogP contribution in [-0.4, -0.2) is 9.38 Å². The number of hydrogen-bond acceptors (Lipinski definition) is 3. The SMILES string of the molecule is CC(C)c1ccc(C=c2sc3nc4ccccc4n3c2=O)cc1. The van der Waals surface area contributed by atoms with E-state index in [4.69, 9.17) is 0 Å². The zero-order chi connectivity index (χ0) is 16.0. The molecule has 4 aromatic rings. The van der Waals surface area contributed by atoms with E-state index in [0.29, 0.717) is 5.92 Å². The molecule has 0 spiro atoms. The third-order valence-corrected chi connectivity index (χ3v) is 5.01. The van der Waals surface area contributed by atoms with Gasteiger partial charge in [-0.05, 0) is 35.3 Å². The second kappa shape index (κ2) is 5.32. The Labute approximate surface area is 137 Å². The maximum Gasteiger partial charge on any atom is 0.274 e. The Morgan fingerprint density at radius 2 is 1.83 bits per heavy atom. The summed E-state index contributed by atoms with van der Waals surface area (Å²) in [6.07, 6.45) is 1.94. The Kier molecular flexibility index (Phi) is 3.27. The first kappa shape index (κ1) is 14.2. The number of imidazole rings is 1. The Balaban J connectivity index is 1.88. The van der Waals surface area contributed by atoms with Crippen LogP contribution in [0.4, 0.5) is 0 Å². The minimum Gasteiger partial charge on any atom is -0.267 e. The van der Waals surface area contributed by atoms with Crippen molar-refractivity contribution in [1.29, 1.82) is 0 Å². The van der Waals surface area contributed by atoms with Gasteiger partial charge in [-0.2, -0.15) is 0 Å². The molecule has 0 amide bonds. The van der Waals surface area contributed by atoms with Gasteiger partial charge in [-0.25, -0.2) is 9.38 Å². The summed E-state index contributed by atoms with van der Waals surface area (Å²) in [5.41, 5.74) is 4.09. The summed E-state index contributed by atoms with van der Waals surface area (Å²) in [6.45, 7) is 4.35. The second-order valence-corrected chi connectivity index (χ2v) is 6.96. The van der Waals surface area contributed by atoms with Crippen molar-refractivity contribution in [3.63, 3.8) is 0 Å². The van der Waals surface area contributed by atoms with Gasteiger partial charge in [0.2, 0.25) is 0 Å². The third kappa shape index (κ3) is 2.35. The molecule has 0 radical (unpaired) electrons. The summed E-state index contributed by atoms with van der Waals surface area (Å²) in [5, 5.41) is 0. The van der Waals surface area contributed by atoms with Crippen molar-refractivity contribution in [2.24, 2.45) is 0 Å². The minimum absolute atomic E-state index is 0.00614. The van der Waals surface area contributed by atoms with Crippen LogP contribution in [0.5, 0.6) is 0 Å². The van der Waals surface area contributed by atoms with Crippen LogP contribution >= 0.6 is 11.3 Å². The molecule has 114 valence electrons. The largest absolute Gasteiger partial charge is 0.274 e. The molecule has 0 bridgehead atoms. The van der Waals surface area contributed by atoms with Gasteiger partial charge in [0.1, 0.15) is 0 Å². The van der Waals surface area contributed by atoms with Gasteiger partial charge in [0.25, 0.3) is 5.56 Å². The van der Waals surface area contributed by atoms with E-state index in [1.807, 2.05) is 30.3 Å². The minimum atomic E-state index is 0.00614. The summed E-state index contributed by atoms with van der Waals surface area (Å²) in [7, 11) is 0. The van der Waals surface area contributed by atoms with Crippen LogP contribution in [0.15, 0.2) is 53.3 Å². The average molecular weight is 320 g/mol. The molecule has 0 atom stereocenters. The van der Waals surface area contributed by atoms with E-state index >= 15 is 0 Å². The van der Waals surface area contributed by atoms with Gasteiger partial charge in [-0.15, -0.1) is 0 Å². The summed E-state index contributed by atoms with van der Waals surface area (Å²) in [4.78, 5) is 18.0. The molecule has 4 rings (SSSR count). The number of aromatic nitrogens is 2. The highest BCUT2D eigenvalue weighted by molar-refractivity contribution is 7.15. The summed E-state index contributed by atoms with van der Waals surface area (Å²) >= 11 is 1.44. The molecule has 0 N–H and O–H groups in total. The number of hydrogen-bond donors (Lipinski definition) is 0. The number of para-hydroxylation sites is 2. The fraction of sp³-hybridized carbons (Fsp3) is 0.158. The first-order valence-corrected chi connectivity index (χ1v) is 8.47. The van der Waals surface area contributed by atoms with Gasteiger partial charge in [-0.1, -0.05) is 61.6 Å². The van der Waals surface area contributed by atoms with Gasteiger partial charge in [-0.3, -0.25) is 4.79 Å². The third-order valence-electron chi connectivity index (χ3n) is 4.05. The monoisotopic (exact) mass is 320 g/mol. The maximum absolute atomic E-state index is 12.7. The predicted molar refractivity (Wildman–Crippen MR) is 96.2 cm³/mol. The van der Waals surface area contributed by atoms with E-state index in [1.54, 1.807) is 4.40 Å². The molecule has 2 heterocycles. The van der Waals surface area contributed by atoms with Crippen molar-refractivity contribution in [2.75, 3.05) is 0 Å². The van der Waals surface area contributed by atoms with E-state index in [0.717, 1.165) is 26.1 Å². The van der Waals surface area contributed by atoms with Crippen molar-refractivity contribution in [1.82, 2.24) is 9.38 Å². The van der Waals surface area contributed by atoms with Gasteiger partial charge < -0.3 is 0 Å². The lowest BCUT2D eigenvalue weighted by molar-refractivity contribution is 0.866. The van der Waals surface area contributed by atoms with Crippen LogP contribution in [0.1, 0.15) is 30.9 Å². The Morgan fingerprint density at radius 1 is 1.09 bits per heavy atom. The first-order valence-electron chi connectivity index (χ1n) is 7.65. The van der Waals surface area contributed by atoms with Crippen molar-refractivity contribution in [3.8, 4) is 0 Å². The molecule has 0 saturated heterocycles. The molecule has 23 heavy (non-hydrogen) atoms. The number of thiazole rings is 1. The summed E-state index contributed by atoms with van der Waals surface area (Å²) < 4.78 is 2.42. The predicted octanol–water partition coefficient (Wildman–Crippen LogP) is 3.58. The molecule has 2 aromatic carbocycles. The lowest BCUT2D eigenvalue weighted by Crippen LogP contribution is -2.22. The van der Waals surface area contributed by atoms with Gasteiger partial charge in [0, 0.05) is 0 Å². The number of rotatable bonds is 2. The van der Waals surface area contributed by atoms with E-state index < -0.39 is 0 Å². The molecule has 0 aliphatic heterocycles. The van der Waals surface area contributed by atoms with Gasteiger partial charge in [0.15, 0.2) is 4.96 Å². The molecule has 0 aliphatic rings. The van der Waals surface area contributed by atoms with E-state index in [1.165, 1.54) is 16.9 Å². The Morgan fingerprint density at radius 3 is 2.57 bits per heavy atom. The fourth-order valence-electron chi connectivity index (χ4n) is 2.74. The standard InChI is InChI=1S/C19H16N2OS/c1-12(2)14-9-7-13(8-10-14)11-17-18(22)21-16-6-4-3-5-15(16)20-19(21)23-17/h3-12H,1-2H3. The first-order chi connectivity index (χ1) is 11.1. The molecule has 2 aromatic heterocycles. The molecule has 0 saturated carbocycles. The number of nitrogens with zero attached hydrogens (tertiary/aromatic N) is 2. The highest BCUT2D eigenvalue weighted by Crippen LogP contribution is 2.17. The van der Waals surface area contributed by atoms with Crippen molar-refractivity contribution < 1.29 is 0 Å². The van der Waals surface area contributed by atoms with Gasteiger partial charge in [0.05, 0.1) is 15.6 Å². The lowest BCUT2D eigenvalue weighted by atomic mass is 10.0. The van der Waals surface area contributed by atoms with Crippen LogP contribution < -0.4 is 10.1 Å². The topological polar surface area (TPSA) is 34.4 Å². The highest BCUT2D eigenvalue weighted by Gasteiger charge is 2.10. The summed E-state index contributed by atoms with van der Waals surface area (Å²) in [5.74, 6) is 0.510. The molecule has 4 heteroatoms. The van der Waals surface area contributed by atoms with Crippen molar-refractivity contribution in [2.45, 2.75) is 19.8 Å². The Bertz CT molecular complexity index is 1100. The fourth-order valence-corrected chi connectivity index (χ4v) is 3.73. The van der Waals surface area contributed by atoms with Crippen LogP contribution in [0.25, 0.3) is 22.1 Å². The summed E-state index contributed by atoms with van der Waals surface area (Å²) in [6, 6.07) is 16.1.